The minimum atomic E-state index is -0.618. The fourth-order valence-electron chi connectivity index (χ4n) is 1.65. The van der Waals surface area contributed by atoms with Crippen LogP contribution < -0.4 is 10.2 Å². The average molecular weight is 297 g/mol. The number of ether oxygens (including phenoxy) is 1. The molecular weight excluding hydrogens is 276 g/mol. The van der Waals surface area contributed by atoms with Gasteiger partial charge in [0, 0.05) is 10.7 Å². The van der Waals surface area contributed by atoms with Crippen LogP contribution in [0.4, 0.5) is 0 Å². The molecule has 0 heterocycles. The van der Waals surface area contributed by atoms with Crippen molar-refractivity contribution in [3.05, 3.63) is 28.8 Å². The minimum absolute atomic E-state index is 0.269. The van der Waals surface area contributed by atoms with Crippen LogP contribution in [0.5, 0.6) is 5.75 Å². The van der Waals surface area contributed by atoms with Crippen LogP contribution in [0.2, 0.25) is 5.02 Å². The summed E-state index contributed by atoms with van der Waals surface area (Å²) in [7, 11) is 0. The number of halogens is 1. The number of hydrazone groups is 1. The maximum atomic E-state index is 11.9. The van der Waals surface area contributed by atoms with Crippen molar-refractivity contribution < 1.29 is 9.53 Å². The number of benzene rings is 1. The van der Waals surface area contributed by atoms with Gasteiger partial charge in [-0.1, -0.05) is 24.9 Å². The molecule has 4 nitrogen and oxygen atoms in total. The van der Waals surface area contributed by atoms with Crippen molar-refractivity contribution in [2.45, 2.75) is 46.6 Å². The highest BCUT2D eigenvalue weighted by atomic mass is 35.5. The van der Waals surface area contributed by atoms with Crippen LogP contribution in [0.25, 0.3) is 0 Å². The van der Waals surface area contributed by atoms with E-state index in [0.29, 0.717) is 10.8 Å². The predicted octanol–water partition coefficient (Wildman–Crippen LogP) is 3.71. The van der Waals surface area contributed by atoms with Crippen molar-refractivity contribution >= 4 is 23.2 Å². The highest BCUT2D eigenvalue weighted by Gasteiger charge is 2.15. The lowest BCUT2D eigenvalue weighted by atomic mass is 10.2. The van der Waals surface area contributed by atoms with Gasteiger partial charge in [-0.15, -0.1) is 0 Å². The summed E-state index contributed by atoms with van der Waals surface area (Å²) in [6, 6.07) is 5.29. The molecule has 110 valence electrons. The summed E-state index contributed by atoms with van der Waals surface area (Å²) >= 11 is 5.88. The largest absolute Gasteiger partial charge is 0.481 e. The van der Waals surface area contributed by atoms with Gasteiger partial charge in [-0.05, 0) is 51.0 Å². The Morgan fingerprint density at radius 3 is 2.80 bits per heavy atom. The van der Waals surface area contributed by atoms with Crippen LogP contribution in [-0.4, -0.2) is 17.7 Å². The number of hydrogen-bond donors (Lipinski definition) is 1. The van der Waals surface area contributed by atoms with E-state index >= 15 is 0 Å². The lowest BCUT2D eigenvalue weighted by Gasteiger charge is -2.15. The topological polar surface area (TPSA) is 50.7 Å². The molecule has 1 unspecified atom stereocenters. The van der Waals surface area contributed by atoms with Crippen LogP contribution >= 0.6 is 11.6 Å². The molecule has 5 heteroatoms. The smallest absolute Gasteiger partial charge is 0.280 e. The zero-order valence-corrected chi connectivity index (χ0v) is 13.1. The number of carbonyl (C=O) groups is 1. The second-order valence-electron chi connectivity index (χ2n) is 4.74. The third-order valence-corrected chi connectivity index (χ3v) is 3.01. The van der Waals surface area contributed by atoms with Gasteiger partial charge in [-0.25, -0.2) is 5.43 Å². The Balaban J connectivity index is 2.59. The van der Waals surface area contributed by atoms with Gasteiger partial charge < -0.3 is 4.74 Å². The number of rotatable bonds is 6. The summed E-state index contributed by atoms with van der Waals surface area (Å²) in [5.41, 5.74) is 4.31. The first-order valence-corrected chi connectivity index (χ1v) is 7.07. The number of amides is 1. The molecule has 1 amide bonds. The third kappa shape index (κ3) is 5.21. The fraction of sp³-hybridized carbons (Fsp3) is 0.467. The zero-order valence-electron chi connectivity index (χ0n) is 12.4. The molecule has 0 aliphatic carbocycles. The monoisotopic (exact) mass is 296 g/mol. The SMILES string of the molecule is CCC/C(C)=N/NC(=O)C(C)Oc1ccc(Cl)cc1C. The molecule has 1 aromatic carbocycles. The molecule has 0 aliphatic heterocycles. The van der Waals surface area contributed by atoms with E-state index in [1.165, 1.54) is 0 Å². The van der Waals surface area contributed by atoms with E-state index < -0.39 is 6.10 Å². The Morgan fingerprint density at radius 1 is 1.50 bits per heavy atom. The summed E-state index contributed by atoms with van der Waals surface area (Å²) < 4.78 is 5.61. The van der Waals surface area contributed by atoms with E-state index in [1.807, 2.05) is 13.8 Å². The lowest BCUT2D eigenvalue weighted by Crippen LogP contribution is -2.34. The summed E-state index contributed by atoms with van der Waals surface area (Å²) in [5.74, 6) is 0.376. The summed E-state index contributed by atoms with van der Waals surface area (Å²) in [5, 5.41) is 4.67. The van der Waals surface area contributed by atoms with Gasteiger partial charge in [-0.3, -0.25) is 4.79 Å². The Labute approximate surface area is 125 Å². The second kappa shape index (κ2) is 7.90. The lowest BCUT2D eigenvalue weighted by molar-refractivity contribution is -0.127. The van der Waals surface area contributed by atoms with Crippen molar-refractivity contribution in [3.8, 4) is 5.75 Å². The molecule has 0 bridgehead atoms. The quantitative estimate of drug-likeness (QED) is 0.642. The van der Waals surface area contributed by atoms with Crippen molar-refractivity contribution in [2.75, 3.05) is 0 Å². The highest BCUT2D eigenvalue weighted by Crippen LogP contribution is 2.22. The zero-order chi connectivity index (χ0) is 15.1. The van der Waals surface area contributed by atoms with E-state index in [9.17, 15) is 4.79 Å². The molecule has 1 atom stereocenters. The van der Waals surface area contributed by atoms with Crippen LogP contribution in [0.3, 0.4) is 0 Å². The van der Waals surface area contributed by atoms with Crippen molar-refractivity contribution in [1.29, 1.82) is 0 Å². The van der Waals surface area contributed by atoms with Crippen LogP contribution in [0.15, 0.2) is 23.3 Å². The van der Waals surface area contributed by atoms with Crippen molar-refractivity contribution in [2.24, 2.45) is 5.10 Å². The molecule has 1 aromatic rings. The molecule has 1 rings (SSSR count). The average Bonchev–Trinajstić information content (AvgIpc) is 2.39. The minimum Gasteiger partial charge on any atom is -0.481 e. The maximum absolute atomic E-state index is 11.9. The predicted molar refractivity (Wildman–Crippen MR) is 82.4 cm³/mol. The molecule has 0 aromatic heterocycles. The van der Waals surface area contributed by atoms with Crippen molar-refractivity contribution in [3.63, 3.8) is 0 Å². The van der Waals surface area contributed by atoms with Gasteiger partial charge in [-0.2, -0.15) is 5.10 Å². The number of hydrogen-bond acceptors (Lipinski definition) is 3. The summed E-state index contributed by atoms with van der Waals surface area (Å²) in [4.78, 5) is 11.9. The van der Waals surface area contributed by atoms with Gasteiger partial charge in [0.25, 0.3) is 5.91 Å². The molecule has 0 radical (unpaired) electrons. The number of carbonyl (C=O) groups excluding carboxylic acids is 1. The van der Waals surface area contributed by atoms with Crippen LogP contribution in [0.1, 0.15) is 39.2 Å². The number of aryl methyl sites for hydroxylation is 1. The van der Waals surface area contributed by atoms with E-state index in [-0.39, 0.29) is 5.91 Å². The molecule has 0 saturated carbocycles. The third-order valence-electron chi connectivity index (χ3n) is 2.78. The van der Waals surface area contributed by atoms with Gasteiger partial charge in [0.2, 0.25) is 0 Å². The fourth-order valence-corrected chi connectivity index (χ4v) is 1.87. The molecule has 1 N–H and O–H groups in total. The first kappa shape index (κ1) is 16.5. The summed E-state index contributed by atoms with van der Waals surface area (Å²) in [6.45, 7) is 7.53. The van der Waals surface area contributed by atoms with E-state index in [4.69, 9.17) is 16.3 Å². The molecule has 0 aliphatic rings. The standard InChI is InChI=1S/C15H21ClN2O2/c1-5-6-11(3)17-18-15(19)12(4)20-14-8-7-13(16)9-10(14)2/h7-9,12H,5-6H2,1-4H3,(H,18,19)/b17-11+. The molecule has 0 fully saturated rings. The van der Waals surface area contributed by atoms with Gasteiger partial charge in [0.1, 0.15) is 5.75 Å². The maximum Gasteiger partial charge on any atom is 0.280 e. The Kier molecular flexibility index (Phi) is 6.52. The molecule has 0 spiro atoms. The van der Waals surface area contributed by atoms with Crippen molar-refractivity contribution in [1.82, 2.24) is 5.43 Å². The normalized spacial score (nSPS) is 12.9. The number of nitrogens with zero attached hydrogens (tertiary/aromatic N) is 1. The van der Waals surface area contributed by atoms with Crippen LogP contribution in [-0.2, 0) is 4.79 Å². The summed E-state index contributed by atoms with van der Waals surface area (Å²) in [6.07, 6.45) is 1.25. The van der Waals surface area contributed by atoms with Crippen LogP contribution in [0, 0.1) is 6.92 Å². The van der Waals surface area contributed by atoms with E-state index in [1.54, 1.807) is 25.1 Å². The van der Waals surface area contributed by atoms with E-state index in [0.717, 1.165) is 24.1 Å². The van der Waals surface area contributed by atoms with Gasteiger partial charge in [0.05, 0.1) is 0 Å². The Bertz CT molecular complexity index is 501. The second-order valence-corrected chi connectivity index (χ2v) is 5.18. The Hall–Kier alpha value is -1.55. The van der Waals surface area contributed by atoms with E-state index in [2.05, 4.69) is 17.5 Å². The highest BCUT2D eigenvalue weighted by molar-refractivity contribution is 6.30. The Morgan fingerprint density at radius 2 is 2.20 bits per heavy atom. The first-order valence-electron chi connectivity index (χ1n) is 6.69. The van der Waals surface area contributed by atoms with Gasteiger partial charge in [0.15, 0.2) is 6.10 Å². The van der Waals surface area contributed by atoms with Gasteiger partial charge >= 0.3 is 0 Å². The first-order chi connectivity index (χ1) is 9.43. The number of nitrogens with one attached hydrogen (secondary N) is 1. The molecule has 20 heavy (non-hydrogen) atoms. The molecular formula is C15H21ClN2O2. The molecule has 0 saturated heterocycles.